The summed E-state index contributed by atoms with van der Waals surface area (Å²) in [7, 11) is 2.89. The zero-order chi connectivity index (χ0) is 19.2. The van der Waals surface area contributed by atoms with Crippen LogP contribution in [0.25, 0.3) is 0 Å². The number of nitrogens with one attached hydrogen (secondary N) is 2. The molecular formula is C18H16ClN5O3. The normalized spacial score (nSPS) is 10.2. The second-order valence-corrected chi connectivity index (χ2v) is 5.77. The first-order valence-electron chi connectivity index (χ1n) is 7.84. The molecule has 0 aliphatic heterocycles. The van der Waals surface area contributed by atoms with Crippen LogP contribution in [0.1, 0.15) is 10.4 Å². The summed E-state index contributed by atoms with van der Waals surface area (Å²) in [6.45, 7) is 0. The molecule has 3 rings (SSSR count). The molecule has 27 heavy (non-hydrogen) atoms. The van der Waals surface area contributed by atoms with E-state index >= 15 is 0 Å². The van der Waals surface area contributed by atoms with Gasteiger partial charge in [-0.05, 0) is 36.4 Å². The number of carbonyl (C=O) groups is 1. The molecule has 0 atom stereocenters. The Hall–Kier alpha value is -3.39. The lowest BCUT2D eigenvalue weighted by atomic mass is 10.2. The molecule has 0 radical (unpaired) electrons. The summed E-state index contributed by atoms with van der Waals surface area (Å²) >= 11 is 6.04. The number of hydrogen-bond acceptors (Lipinski definition) is 8. The topological polar surface area (TPSA) is 98.3 Å². The summed E-state index contributed by atoms with van der Waals surface area (Å²) in [5.41, 5.74) is 1.68. The first-order valence-corrected chi connectivity index (χ1v) is 8.22. The zero-order valence-electron chi connectivity index (χ0n) is 14.6. The molecular weight excluding hydrogens is 370 g/mol. The summed E-state index contributed by atoms with van der Waals surface area (Å²) < 4.78 is 10.0. The van der Waals surface area contributed by atoms with Crippen LogP contribution in [0.5, 0.6) is 5.75 Å². The van der Waals surface area contributed by atoms with E-state index in [4.69, 9.17) is 21.1 Å². The number of benzene rings is 2. The molecule has 9 heteroatoms. The van der Waals surface area contributed by atoms with Crippen molar-refractivity contribution in [1.82, 2.24) is 15.2 Å². The van der Waals surface area contributed by atoms with Crippen molar-refractivity contribution in [3.8, 4) is 5.75 Å². The van der Waals surface area contributed by atoms with E-state index in [0.717, 1.165) is 0 Å². The fourth-order valence-corrected chi connectivity index (χ4v) is 2.48. The third kappa shape index (κ3) is 4.62. The Morgan fingerprint density at radius 1 is 1.11 bits per heavy atom. The first kappa shape index (κ1) is 18.4. The molecule has 138 valence electrons. The predicted octanol–water partition coefficient (Wildman–Crippen LogP) is 3.81. The molecule has 0 spiro atoms. The van der Waals surface area contributed by atoms with E-state index < -0.39 is 5.97 Å². The van der Waals surface area contributed by atoms with Gasteiger partial charge in [0.25, 0.3) is 0 Å². The zero-order valence-corrected chi connectivity index (χ0v) is 15.3. The summed E-state index contributed by atoms with van der Waals surface area (Å²) in [5, 5.41) is 14.5. The fraction of sp³-hybridized carbons (Fsp3) is 0.111. The fourth-order valence-electron chi connectivity index (χ4n) is 2.30. The highest BCUT2D eigenvalue weighted by Gasteiger charge is 2.09. The lowest BCUT2D eigenvalue weighted by Crippen LogP contribution is -2.05. The van der Waals surface area contributed by atoms with Crippen molar-refractivity contribution in [2.75, 3.05) is 24.9 Å². The second-order valence-electron chi connectivity index (χ2n) is 5.33. The molecule has 1 heterocycles. The summed E-state index contributed by atoms with van der Waals surface area (Å²) in [4.78, 5) is 16.0. The molecule has 0 fully saturated rings. The van der Waals surface area contributed by atoms with Gasteiger partial charge in [0.1, 0.15) is 5.75 Å². The third-order valence-corrected chi connectivity index (χ3v) is 3.76. The Kier molecular flexibility index (Phi) is 5.68. The van der Waals surface area contributed by atoms with E-state index in [1.807, 2.05) is 0 Å². The summed E-state index contributed by atoms with van der Waals surface area (Å²) in [5.74, 6) is 0.875. The Morgan fingerprint density at radius 3 is 2.74 bits per heavy atom. The third-order valence-electron chi connectivity index (χ3n) is 3.52. The van der Waals surface area contributed by atoms with Crippen molar-refractivity contribution in [3.63, 3.8) is 0 Å². The van der Waals surface area contributed by atoms with Crippen LogP contribution in [0, 0.1) is 0 Å². The minimum Gasteiger partial charge on any atom is -0.495 e. The first-order chi connectivity index (χ1) is 13.1. The van der Waals surface area contributed by atoms with Crippen molar-refractivity contribution in [2.24, 2.45) is 0 Å². The Morgan fingerprint density at radius 2 is 1.96 bits per heavy atom. The number of carbonyl (C=O) groups excluding carboxylic acids is 1. The number of anilines is 4. The van der Waals surface area contributed by atoms with Gasteiger partial charge in [-0.25, -0.2) is 4.79 Å². The minimum absolute atomic E-state index is 0.253. The number of methoxy groups -OCH3 is 2. The molecule has 0 bridgehead atoms. The number of aromatic nitrogens is 3. The van der Waals surface area contributed by atoms with Gasteiger partial charge >= 0.3 is 5.97 Å². The van der Waals surface area contributed by atoms with Gasteiger partial charge in [0.2, 0.25) is 5.95 Å². The second kappa shape index (κ2) is 8.33. The number of esters is 1. The van der Waals surface area contributed by atoms with E-state index in [1.165, 1.54) is 13.3 Å². The Labute approximate surface area is 160 Å². The molecule has 0 saturated carbocycles. The van der Waals surface area contributed by atoms with Crippen LogP contribution >= 0.6 is 11.6 Å². The van der Waals surface area contributed by atoms with Gasteiger partial charge in [-0.1, -0.05) is 17.7 Å². The van der Waals surface area contributed by atoms with Crippen LogP contribution in [-0.2, 0) is 4.74 Å². The molecule has 2 aromatic carbocycles. The van der Waals surface area contributed by atoms with Crippen molar-refractivity contribution in [2.45, 2.75) is 0 Å². The number of halogens is 1. The maximum absolute atomic E-state index is 11.6. The van der Waals surface area contributed by atoms with E-state index in [-0.39, 0.29) is 5.95 Å². The lowest BCUT2D eigenvalue weighted by Gasteiger charge is -2.11. The van der Waals surface area contributed by atoms with Gasteiger partial charge in [0.15, 0.2) is 5.82 Å². The molecule has 0 unspecified atom stereocenters. The Balaban J connectivity index is 1.80. The standard InChI is InChI=1S/C18H16ClN5O3/c1-26-15-7-6-12(19)9-14(15)22-16-10-20-24-18(23-16)21-13-5-3-4-11(8-13)17(25)27-2/h3-10H,1-2H3,(H2,21,22,23,24). The largest absolute Gasteiger partial charge is 0.495 e. The average molecular weight is 386 g/mol. The SMILES string of the molecule is COC(=O)c1cccc(Nc2nncc(Nc3cc(Cl)ccc3OC)n2)c1. The van der Waals surface area contributed by atoms with E-state index in [0.29, 0.717) is 33.5 Å². The number of hydrogen-bond donors (Lipinski definition) is 2. The minimum atomic E-state index is -0.429. The maximum Gasteiger partial charge on any atom is 0.337 e. The number of ether oxygens (including phenoxy) is 2. The molecule has 0 saturated heterocycles. The molecule has 3 aromatic rings. The van der Waals surface area contributed by atoms with Gasteiger partial charge in [-0.3, -0.25) is 0 Å². The van der Waals surface area contributed by atoms with Crippen molar-refractivity contribution in [1.29, 1.82) is 0 Å². The number of nitrogens with zero attached hydrogens (tertiary/aromatic N) is 3. The van der Waals surface area contributed by atoms with E-state index in [9.17, 15) is 4.79 Å². The van der Waals surface area contributed by atoms with Gasteiger partial charge in [0, 0.05) is 10.7 Å². The number of rotatable bonds is 6. The molecule has 0 aliphatic carbocycles. The highest BCUT2D eigenvalue weighted by atomic mass is 35.5. The quantitative estimate of drug-likeness (QED) is 0.618. The van der Waals surface area contributed by atoms with Crippen LogP contribution in [0.4, 0.5) is 23.1 Å². The van der Waals surface area contributed by atoms with Gasteiger partial charge in [0.05, 0.1) is 31.7 Å². The van der Waals surface area contributed by atoms with Crippen LogP contribution in [0.3, 0.4) is 0 Å². The van der Waals surface area contributed by atoms with Crippen molar-refractivity contribution < 1.29 is 14.3 Å². The lowest BCUT2D eigenvalue weighted by molar-refractivity contribution is 0.0601. The van der Waals surface area contributed by atoms with Crippen LogP contribution in [0.2, 0.25) is 5.02 Å². The van der Waals surface area contributed by atoms with Gasteiger partial charge in [-0.2, -0.15) is 10.1 Å². The smallest absolute Gasteiger partial charge is 0.337 e. The monoisotopic (exact) mass is 385 g/mol. The molecule has 1 aromatic heterocycles. The highest BCUT2D eigenvalue weighted by Crippen LogP contribution is 2.30. The van der Waals surface area contributed by atoms with Crippen LogP contribution in [-0.4, -0.2) is 35.4 Å². The predicted molar refractivity (Wildman–Crippen MR) is 102 cm³/mol. The molecule has 0 amide bonds. The van der Waals surface area contributed by atoms with Crippen molar-refractivity contribution >= 4 is 40.7 Å². The molecule has 2 N–H and O–H groups in total. The van der Waals surface area contributed by atoms with Crippen molar-refractivity contribution in [3.05, 3.63) is 59.2 Å². The maximum atomic E-state index is 11.6. The Bertz CT molecular complexity index is 967. The molecule has 0 aliphatic rings. The van der Waals surface area contributed by atoms with Crippen LogP contribution in [0.15, 0.2) is 48.7 Å². The highest BCUT2D eigenvalue weighted by molar-refractivity contribution is 6.31. The average Bonchev–Trinajstić information content (AvgIpc) is 2.68. The van der Waals surface area contributed by atoms with E-state index in [1.54, 1.807) is 49.6 Å². The van der Waals surface area contributed by atoms with Gasteiger partial charge < -0.3 is 20.1 Å². The molecule has 8 nitrogen and oxygen atoms in total. The van der Waals surface area contributed by atoms with E-state index in [2.05, 4.69) is 25.8 Å². The summed E-state index contributed by atoms with van der Waals surface area (Å²) in [6, 6.07) is 12.0. The van der Waals surface area contributed by atoms with Gasteiger partial charge in [-0.15, -0.1) is 5.10 Å². The van der Waals surface area contributed by atoms with Crippen LogP contribution < -0.4 is 15.4 Å². The summed E-state index contributed by atoms with van der Waals surface area (Å²) in [6.07, 6.45) is 1.47.